The topological polar surface area (TPSA) is 99.9 Å². The van der Waals surface area contributed by atoms with E-state index in [2.05, 4.69) is 10.2 Å². The Morgan fingerprint density at radius 3 is 2.70 bits per heavy atom. The van der Waals surface area contributed by atoms with E-state index in [1.807, 2.05) is 13.8 Å². The summed E-state index contributed by atoms with van der Waals surface area (Å²) < 4.78 is 1.69. The Morgan fingerprint density at radius 2 is 2.15 bits per heavy atom. The van der Waals surface area contributed by atoms with Crippen LogP contribution in [0.15, 0.2) is 23.4 Å². The maximum atomic E-state index is 10.9. The minimum absolute atomic E-state index is 0.0113. The third-order valence-electron chi connectivity index (χ3n) is 3.06. The number of hydrogen-bond acceptors (Lipinski definition) is 6. The first-order chi connectivity index (χ1) is 9.40. The van der Waals surface area contributed by atoms with Crippen molar-refractivity contribution in [2.24, 2.45) is 7.05 Å². The van der Waals surface area contributed by atoms with E-state index in [4.69, 9.17) is 5.73 Å². The van der Waals surface area contributed by atoms with Crippen molar-refractivity contribution in [1.82, 2.24) is 14.8 Å². The summed E-state index contributed by atoms with van der Waals surface area (Å²) in [5, 5.41) is 19.3. The molecular formula is C12H15N5O2S. The van der Waals surface area contributed by atoms with Gasteiger partial charge in [0.1, 0.15) is 0 Å². The van der Waals surface area contributed by atoms with Gasteiger partial charge >= 0.3 is 0 Å². The number of hydrogen-bond donors (Lipinski definition) is 1. The van der Waals surface area contributed by atoms with E-state index in [1.165, 1.54) is 17.8 Å². The monoisotopic (exact) mass is 293 g/mol. The van der Waals surface area contributed by atoms with Crippen LogP contribution < -0.4 is 5.73 Å². The summed E-state index contributed by atoms with van der Waals surface area (Å²) in [6.45, 7) is 3.91. The molecule has 0 saturated carbocycles. The number of aryl methyl sites for hydroxylation is 1. The average molecular weight is 293 g/mol. The number of nitrogens with zero attached hydrogens (tertiary/aromatic N) is 4. The van der Waals surface area contributed by atoms with Gasteiger partial charge in [-0.05, 0) is 25.0 Å². The highest BCUT2D eigenvalue weighted by Gasteiger charge is 2.17. The Hall–Kier alpha value is -2.09. The molecule has 0 unspecified atom stereocenters. The van der Waals surface area contributed by atoms with Crippen molar-refractivity contribution in [3.8, 4) is 0 Å². The predicted octanol–water partition coefficient (Wildman–Crippen LogP) is 2.47. The maximum Gasteiger partial charge on any atom is 0.269 e. The van der Waals surface area contributed by atoms with Crippen LogP contribution in [0.25, 0.3) is 0 Å². The standard InChI is InChI=1S/C12H15N5O2S/c1-7-4-5-9(17(18)19)6-10(7)8(2)20-12-15-14-11(13)16(12)3/h4-6,8H,1-3H3,(H2,13,14)/t8-/m0/s1. The number of nitro groups is 1. The Balaban J connectivity index is 2.29. The molecule has 1 heterocycles. The molecule has 0 bridgehead atoms. The van der Waals surface area contributed by atoms with Crippen LogP contribution in [-0.2, 0) is 7.05 Å². The van der Waals surface area contributed by atoms with Crippen molar-refractivity contribution < 1.29 is 4.92 Å². The number of benzene rings is 1. The molecule has 7 nitrogen and oxygen atoms in total. The molecular weight excluding hydrogens is 278 g/mol. The quantitative estimate of drug-likeness (QED) is 0.528. The number of nitro benzene ring substituents is 1. The Morgan fingerprint density at radius 1 is 1.45 bits per heavy atom. The molecule has 1 aromatic heterocycles. The zero-order valence-electron chi connectivity index (χ0n) is 11.4. The molecule has 8 heteroatoms. The Kier molecular flexibility index (Phi) is 3.93. The van der Waals surface area contributed by atoms with Gasteiger partial charge in [0.15, 0.2) is 5.16 Å². The van der Waals surface area contributed by atoms with Crippen LogP contribution >= 0.6 is 11.8 Å². The lowest BCUT2D eigenvalue weighted by molar-refractivity contribution is -0.384. The summed E-state index contributed by atoms with van der Waals surface area (Å²) in [5.41, 5.74) is 7.64. The molecule has 2 rings (SSSR count). The van der Waals surface area contributed by atoms with Crippen LogP contribution in [0.4, 0.5) is 11.6 Å². The number of rotatable bonds is 4. The third-order valence-corrected chi connectivity index (χ3v) is 4.24. The van der Waals surface area contributed by atoms with Gasteiger partial charge < -0.3 is 5.73 Å². The van der Waals surface area contributed by atoms with E-state index in [9.17, 15) is 10.1 Å². The zero-order chi connectivity index (χ0) is 14.9. The van der Waals surface area contributed by atoms with Crippen LogP contribution in [0.2, 0.25) is 0 Å². The van der Waals surface area contributed by atoms with Crippen LogP contribution in [0.1, 0.15) is 23.3 Å². The SMILES string of the molecule is Cc1ccc([N+](=O)[O-])cc1[C@H](C)Sc1nnc(N)n1C. The van der Waals surface area contributed by atoms with Crippen molar-refractivity contribution in [2.45, 2.75) is 24.3 Å². The van der Waals surface area contributed by atoms with Gasteiger partial charge in [-0.15, -0.1) is 10.2 Å². The summed E-state index contributed by atoms with van der Waals surface area (Å²) >= 11 is 1.47. The second-order valence-electron chi connectivity index (χ2n) is 4.46. The molecule has 1 atom stereocenters. The smallest absolute Gasteiger partial charge is 0.269 e. The van der Waals surface area contributed by atoms with Crippen molar-refractivity contribution in [3.05, 3.63) is 39.4 Å². The van der Waals surface area contributed by atoms with Crippen molar-refractivity contribution in [3.63, 3.8) is 0 Å². The molecule has 0 aliphatic heterocycles. The van der Waals surface area contributed by atoms with Gasteiger partial charge in [0, 0.05) is 24.4 Å². The van der Waals surface area contributed by atoms with Gasteiger partial charge in [-0.1, -0.05) is 17.8 Å². The molecule has 0 fully saturated rings. The molecule has 2 N–H and O–H groups in total. The minimum Gasteiger partial charge on any atom is -0.368 e. The molecule has 0 radical (unpaired) electrons. The number of nitrogen functional groups attached to an aromatic ring is 1. The highest BCUT2D eigenvalue weighted by Crippen LogP contribution is 2.36. The molecule has 0 aliphatic carbocycles. The van der Waals surface area contributed by atoms with Crippen LogP contribution in [0, 0.1) is 17.0 Å². The summed E-state index contributed by atoms with van der Waals surface area (Å²) in [5.74, 6) is 0.343. The predicted molar refractivity (Wildman–Crippen MR) is 77.5 cm³/mol. The Labute approximate surface area is 120 Å². The van der Waals surface area contributed by atoms with Gasteiger partial charge in [0.25, 0.3) is 5.69 Å². The molecule has 0 saturated heterocycles. The molecule has 0 spiro atoms. The molecule has 1 aromatic carbocycles. The van der Waals surface area contributed by atoms with Gasteiger partial charge in [-0.25, -0.2) is 0 Å². The van der Waals surface area contributed by atoms with E-state index in [0.717, 1.165) is 11.1 Å². The summed E-state index contributed by atoms with van der Waals surface area (Å²) in [4.78, 5) is 10.5. The number of nitrogens with two attached hydrogens (primary N) is 1. The van der Waals surface area contributed by atoms with Gasteiger partial charge in [-0.2, -0.15) is 0 Å². The molecule has 0 amide bonds. The number of non-ortho nitro benzene ring substituents is 1. The van der Waals surface area contributed by atoms with E-state index < -0.39 is 0 Å². The first-order valence-corrected chi connectivity index (χ1v) is 6.84. The fourth-order valence-corrected chi connectivity index (χ4v) is 2.87. The van der Waals surface area contributed by atoms with Crippen LogP contribution in [0.3, 0.4) is 0 Å². The fraction of sp³-hybridized carbons (Fsp3) is 0.333. The van der Waals surface area contributed by atoms with E-state index in [-0.39, 0.29) is 15.9 Å². The van der Waals surface area contributed by atoms with Gasteiger partial charge in [0.2, 0.25) is 5.95 Å². The normalized spacial score (nSPS) is 12.3. The minimum atomic E-state index is -0.388. The number of thioether (sulfide) groups is 1. The molecule has 106 valence electrons. The van der Waals surface area contributed by atoms with Crippen LogP contribution in [0.5, 0.6) is 0 Å². The second kappa shape index (κ2) is 5.49. The van der Waals surface area contributed by atoms with Crippen molar-refractivity contribution >= 4 is 23.4 Å². The van der Waals surface area contributed by atoms with E-state index in [1.54, 1.807) is 23.7 Å². The third kappa shape index (κ3) is 2.74. The lowest BCUT2D eigenvalue weighted by Crippen LogP contribution is -2.00. The highest BCUT2D eigenvalue weighted by atomic mass is 32.2. The average Bonchev–Trinajstić information content (AvgIpc) is 2.71. The van der Waals surface area contributed by atoms with Crippen LogP contribution in [-0.4, -0.2) is 19.7 Å². The lowest BCUT2D eigenvalue weighted by atomic mass is 10.1. The van der Waals surface area contributed by atoms with Gasteiger partial charge in [-0.3, -0.25) is 14.7 Å². The first kappa shape index (κ1) is 14.3. The first-order valence-electron chi connectivity index (χ1n) is 5.96. The van der Waals surface area contributed by atoms with Crippen molar-refractivity contribution in [2.75, 3.05) is 5.73 Å². The number of anilines is 1. The largest absolute Gasteiger partial charge is 0.368 e. The summed E-state index contributed by atoms with van der Waals surface area (Å²) in [6, 6.07) is 4.87. The van der Waals surface area contributed by atoms with E-state index >= 15 is 0 Å². The molecule has 2 aromatic rings. The fourth-order valence-electron chi connectivity index (χ4n) is 1.83. The van der Waals surface area contributed by atoms with E-state index in [0.29, 0.717) is 11.1 Å². The maximum absolute atomic E-state index is 10.9. The van der Waals surface area contributed by atoms with Gasteiger partial charge in [0.05, 0.1) is 4.92 Å². The summed E-state index contributed by atoms with van der Waals surface area (Å²) in [6.07, 6.45) is 0. The van der Waals surface area contributed by atoms with Crippen molar-refractivity contribution in [1.29, 1.82) is 0 Å². The zero-order valence-corrected chi connectivity index (χ0v) is 12.2. The Bertz CT molecular complexity index is 655. The molecule has 0 aliphatic rings. The second-order valence-corrected chi connectivity index (χ2v) is 5.77. The lowest BCUT2D eigenvalue weighted by Gasteiger charge is -2.13. The summed E-state index contributed by atoms with van der Waals surface area (Å²) in [7, 11) is 1.78. The highest BCUT2D eigenvalue weighted by molar-refractivity contribution is 7.99. The number of aromatic nitrogens is 3. The molecule has 20 heavy (non-hydrogen) atoms.